The molecule has 2 aliphatic rings. The minimum atomic E-state index is -0.155. The van der Waals surface area contributed by atoms with Gasteiger partial charge in [-0.2, -0.15) is 0 Å². The summed E-state index contributed by atoms with van der Waals surface area (Å²) in [6.07, 6.45) is 0. The van der Waals surface area contributed by atoms with Crippen molar-refractivity contribution in [3.63, 3.8) is 0 Å². The van der Waals surface area contributed by atoms with Gasteiger partial charge in [-0.05, 0) is 109 Å². The number of fused-ring (bicyclic) bond motifs is 9. The Kier molecular flexibility index (Phi) is 8.17. The molecule has 10 aromatic rings. The summed E-state index contributed by atoms with van der Waals surface area (Å²) in [4.78, 5) is 2.61. The van der Waals surface area contributed by atoms with Gasteiger partial charge < -0.3 is 4.90 Å². The van der Waals surface area contributed by atoms with E-state index in [0.717, 1.165) is 5.69 Å². The third-order valence-electron chi connectivity index (χ3n) is 13.8. The molecule has 0 N–H and O–H groups in total. The van der Waals surface area contributed by atoms with E-state index in [2.05, 4.69) is 233 Å². The van der Waals surface area contributed by atoms with Crippen LogP contribution in [0.15, 0.2) is 200 Å². The van der Waals surface area contributed by atoms with E-state index in [9.17, 15) is 0 Å². The predicted molar refractivity (Wildman–Crippen MR) is 265 cm³/mol. The van der Waals surface area contributed by atoms with Crippen LogP contribution in [0.1, 0.15) is 49.9 Å². The summed E-state index contributed by atoms with van der Waals surface area (Å²) < 4.78 is 2.57. The number of nitrogens with zero attached hydrogens (tertiary/aromatic N) is 1. The molecule has 0 saturated carbocycles. The number of benzene rings is 9. The molecule has 1 nitrogen and oxygen atoms in total. The Morgan fingerprint density at radius 2 is 0.855 bits per heavy atom. The smallest absolute Gasteiger partial charge is 0.0646 e. The van der Waals surface area contributed by atoms with E-state index in [4.69, 9.17) is 0 Å². The normalized spacial score (nSPS) is 14.1. The van der Waals surface area contributed by atoms with Crippen LogP contribution in [-0.4, -0.2) is 0 Å². The SMILES string of the molecule is CC1(C)c2ccccc2-c2ccc(N(c3cccc4c3-c3ccccc3C4(C)C)c3cc(-c4ccccc4)cc4c3sc3c(-c5ccccc5)cc(-c5ccccc5)cc34)cc21. The molecule has 1 heterocycles. The lowest BCUT2D eigenvalue weighted by atomic mass is 9.82. The maximum atomic E-state index is 2.61. The fourth-order valence-corrected chi connectivity index (χ4v) is 12.0. The van der Waals surface area contributed by atoms with Gasteiger partial charge in [0.15, 0.2) is 0 Å². The van der Waals surface area contributed by atoms with E-state index in [0.29, 0.717) is 0 Å². The van der Waals surface area contributed by atoms with Crippen LogP contribution in [0.25, 0.3) is 75.8 Å². The highest BCUT2D eigenvalue weighted by atomic mass is 32.1. The molecular formula is C60H45NS. The van der Waals surface area contributed by atoms with Gasteiger partial charge in [-0.25, -0.2) is 0 Å². The Morgan fingerprint density at radius 3 is 1.53 bits per heavy atom. The maximum absolute atomic E-state index is 2.61. The Labute approximate surface area is 368 Å². The quantitative estimate of drug-likeness (QED) is 0.162. The van der Waals surface area contributed by atoms with Gasteiger partial charge in [0.25, 0.3) is 0 Å². The van der Waals surface area contributed by atoms with Gasteiger partial charge in [0, 0.05) is 43.1 Å². The van der Waals surface area contributed by atoms with Gasteiger partial charge in [0.05, 0.1) is 16.1 Å². The molecule has 0 bridgehead atoms. The minimum absolute atomic E-state index is 0.146. The molecule has 0 amide bonds. The Hall–Kier alpha value is -7.00. The summed E-state index contributed by atoms with van der Waals surface area (Å²) in [5.41, 5.74) is 21.3. The van der Waals surface area contributed by atoms with E-state index in [1.807, 2.05) is 11.3 Å². The lowest BCUT2D eigenvalue weighted by Gasteiger charge is -2.31. The number of hydrogen-bond donors (Lipinski definition) is 0. The molecular weight excluding hydrogens is 767 g/mol. The number of thiophene rings is 1. The highest BCUT2D eigenvalue weighted by Gasteiger charge is 2.39. The van der Waals surface area contributed by atoms with Crippen LogP contribution >= 0.6 is 11.3 Å². The average Bonchev–Trinajstić information content (AvgIpc) is 3.89. The van der Waals surface area contributed by atoms with E-state index in [-0.39, 0.29) is 10.8 Å². The first-order valence-electron chi connectivity index (χ1n) is 21.8. The monoisotopic (exact) mass is 811 g/mol. The zero-order chi connectivity index (χ0) is 41.7. The number of hydrogen-bond acceptors (Lipinski definition) is 2. The molecule has 0 atom stereocenters. The van der Waals surface area contributed by atoms with Crippen LogP contribution in [0, 0.1) is 0 Å². The second-order valence-electron chi connectivity index (χ2n) is 18.1. The Morgan fingerprint density at radius 1 is 0.339 bits per heavy atom. The van der Waals surface area contributed by atoms with Gasteiger partial charge in [-0.15, -0.1) is 11.3 Å². The maximum Gasteiger partial charge on any atom is 0.0646 e. The minimum Gasteiger partial charge on any atom is -0.308 e. The van der Waals surface area contributed by atoms with Crippen molar-refractivity contribution in [2.24, 2.45) is 0 Å². The van der Waals surface area contributed by atoms with E-state index >= 15 is 0 Å². The Balaban J connectivity index is 1.22. The molecule has 9 aromatic carbocycles. The van der Waals surface area contributed by atoms with E-state index in [1.165, 1.54) is 109 Å². The first-order valence-corrected chi connectivity index (χ1v) is 22.6. The molecule has 2 heteroatoms. The van der Waals surface area contributed by atoms with E-state index < -0.39 is 0 Å². The van der Waals surface area contributed by atoms with Crippen LogP contribution in [0.2, 0.25) is 0 Å². The molecule has 0 spiro atoms. The average molecular weight is 812 g/mol. The first kappa shape index (κ1) is 36.8. The first-order chi connectivity index (χ1) is 30.3. The summed E-state index contributed by atoms with van der Waals surface area (Å²) in [5, 5.41) is 2.54. The topological polar surface area (TPSA) is 3.24 Å². The Bertz CT molecular complexity index is 3390. The molecule has 0 unspecified atom stereocenters. The second kappa shape index (κ2) is 13.8. The van der Waals surface area contributed by atoms with Crippen molar-refractivity contribution in [3.8, 4) is 55.6 Å². The van der Waals surface area contributed by atoms with Crippen molar-refractivity contribution >= 4 is 48.6 Å². The highest BCUT2D eigenvalue weighted by molar-refractivity contribution is 7.27. The van der Waals surface area contributed by atoms with Crippen molar-refractivity contribution in [2.75, 3.05) is 4.90 Å². The summed E-state index contributed by atoms with van der Waals surface area (Å²) in [6, 6.07) is 74.8. The molecule has 12 rings (SSSR count). The van der Waals surface area contributed by atoms with Crippen molar-refractivity contribution in [1.29, 1.82) is 0 Å². The largest absolute Gasteiger partial charge is 0.308 e. The van der Waals surface area contributed by atoms with Crippen molar-refractivity contribution < 1.29 is 0 Å². The molecule has 1 aromatic heterocycles. The molecule has 62 heavy (non-hydrogen) atoms. The summed E-state index contributed by atoms with van der Waals surface area (Å²) in [6.45, 7) is 9.55. The summed E-state index contributed by atoms with van der Waals surface area (Å²) in [7, 11) is 0. The second-order valence-corrected chi connectivity index (χ2v) is 19.1. The molecule has 2 aliphatic carbocycles. The van der Waals surface area contributed by atoms with E-state index in [1.54, 1.807) is 0 Å². The standard InChI is InChI=1S/C60H45NS/c1-59(2)51-28-17-15-26-46(51)56-52(59)29-18-30-54(56)61(43-31-32-45-44-25-14-16-27-50(44)60(3,4)53(45)37-43)55-36-42(39-21-10-6-11-22-39)35-49-48-34-41(38-19-8-5-9-20-38)33-47(57(48)62-58(49)55)40-23-12-7-13-24-40/h5-37H,1-4H3. The lowest BCUT2D eigenvalue weighted by Crippen LogP contribution is -2.17. The zero-order valence-electron chi connectivity index (χ0n) is 35.4. The van der Waals surface area contributed by atoms with Gasteiger partial charge in [0.1, 0.15) is 0 Å². The lowest BCUT2D eigenvalue weighted by molar-refractivity contribution is 0.660. The summed E-state index contributed by atoms with van der Waals surface area (Å²) in [5.74, 6) is 0. The van der Waals surface area contributed by atoms with Crippen molar-refractivity contribution in [1.82, 2.24) is 0 Å². The van der Waals surface area contributed by atoms with Crippen LogP contribution in [0.4, 0.5) is 17.1 Å². The molecule has 0 aliphatic heterocycles. The van der Waals surface area contributed by atoms with Gasteiger partial charge in [-0.1, -0.05) is 185 Å². The fraction of sp³-hybridized carbons (Fsp3) is 0.100. The summed E-state index contributed by atoms with van der Waals surface area (Å²) >= 11 is 1.93. The van der Waals surface area contributed by atoms with Crippen LogP contribution in [0.3, 0.4) is 0 Å². The van der Waals surface area contributed by atoms with Gasteiger partial charge in [0.2, 0.25) is 0 Å². The fourth-order valence-electron chi connectivity index (χ4n) is 10.7. The van der Waals surface area contributed by atoms with Crippen molar-refractivity contribution in [2.45, 2.75) is 38.5 Å². The molecule has 296 valence electrons. The van der Waals surface area contributed by atoms with Crippen LogP contribution in [-0.2, 0) is 10.8 Å². The number of rotatable bonds is 6. The third-order valence-corrected chi connectivity index (χ3v) is 15.1. The molecule has 0 saturated heterocycles. The van der Waals surface area contributed by atoms with Crippen LogP contribution < -0.4 is 4.90 Å². The third kappa shape index (κ3) is 5.46. The molecule has 0 fully saturated rings. The predicted octanol–water partition coefficient (Wildman–Crippen LogP) is 17.1. The number of anilines is 3. The van der Waals surface area contributed by atoms with Crippen LogP contribution in [0.5, 0.6) is 0 Å². The van der Waals surface area contributed by atoms with Gasteiger partial charge >= 0.3 is 0 Å². The zero-order valence-corrected chi connectivity index (χ0v) is 36.2. The van der Waals surface area contributed by atoms with Gasteiger partial charge in [-0.3, -0.25) is 0 Å². The van der Waals surface area contributed by atoms with Crippen molar-refractivity contribution in [3.05, 3.63) is 222 Å². The molecule has 0 radical (unpaired) electrons. The highest BCUT2D eigenvalue weighted by Crippen LogP contribution is 2.58.